The van der Waals surface area contributed by atoms with Gasteiger partial charge in [-0.3, -0.25) is 4.79 Å². The largest absolute Gasteiger partial charge is 0.483 e. The molecule has 0 spiro atoms. The number of rotatable bonds is 2. The topological polar surface area (TPSA) is 78.8 Å². The van der Waals surface area contributed by atoms with Crippen molar-refractivity contribution in [2.24, 2.45) is 0 Å². The van der Waals surface area contributed by atoms with Crippen molar-refractivity contribution in [3.05, 3.63) is 45.8 Å². The van der Waals surface area contributed by atoms with E-state index in [0.717, 1.165) is 16.9 Å². The lowest BCUT2D eigenvalue weighted by Gasteiger charge is -2.28. The number of hydrogen-bond donors (Lipinski definition) is 1. The van der Waals surface area contributed by atoms with Crippen molar-refractivity contribution in [2.45, 2.75) is 24.6 Å². The van der Waals surface area contributed by atoms with E-state index in [4.69, 9.17) is 4.74 Å². The first-order valence-electron chi connectivity index (χ1n) is 7.04. The average Bonchev–Trinajstić information content (AvgIpc) is 2.52. The number of nitriles is 1. The van der Waals surface area contributed by atoms with Crippen LogP contribution in [0.3, 0.4) is 0 Å². The molecule has 116 valence electrons. The number of H-pyrrole nitrogens is 1. The number of fused-ring (bicyclic) bond motifs is 1. The summed E-state index contributed by atoms with van der Waals surface area (Å²) in [7, 11) is 0. The first-order chi connectivity index (χ1) is 10.9. The molecule has 0 saturated heterocycles. The van der Waals surface area contributed by atoms with Gasteiger partial charge in [0.2, 0.25) is 0 Å². The summed E-state index contributed by atoms with van der Waals surface area (Å²) >= 11 is 1.32. The zero-order valence-corrected chi connectivity index (χ0v) is 13.8. The Morgan fingerprint density at radius 1 is 1.39 bits per heavy atom. The van der Waals surface area contributed by atoms with Crippen LogP contribution in [0.25, 0.3) is 17.3 Å². The molecule has 0 radical (unpaired) electrons. The summed E-state index contributed by atoms with van der Waals surface area (Å²) in [6.07, 6.45) is 5.78. The van der Waals surface area contributed by atoms with Crippen LogP contribution in [0.1, 0.15) is 25.0 Å². The Kier molecular flexibility index (Phi) is 3.74. The molecule has 0 fully saturated rings. The summed E-state index contributed by atoms with van der Waals surface area (Å²) in [5.74, 6) is 0.773. The van der Waals surface area contributed by atoms with Crippen LogP contribution < -0.4 is 10.3 Å². The predicted molar refractivity (Wildman–Crippen MR) is 90.5 cm³/mol. The van der Waals surface area contributed by atoms with Gasteiger partial charge in [-0.1, -0.05) is 17.8 Å². The fourth-order valence-electron chi connectivity index (χ4n) is 2.39. The van der Waals surface area contributed by atoms with Crippen LogP contribution in [0.15, 0.2) is 34.2 Å². The van der Waals surface area contributed by atoms with Gasteiger partial charge >= 0.3 is 0 Å². The molecular formula is C17H15N3O2S. The van der Waals surface area contributed by atoms with E-state index in [-0.39, 0.29) is 11.2 Å². The second-order valence-corrected chi connectivity index (χ2v) is 6.50. The average molecular weight is 325 g/mol. The molecule has 23 heavy (non-hydrogen) atoms. The number of thioether (sulfide) groups is 1. The van der Waals surface area contributed by atoms with E-state index in [1.807, 2.05) is 56.5 Å². The lowest BCUT2D eigenvalue weighted by Crippen LogP contribution is -2.27. The second-order valence-electron chi connectivity index (χ2n) is 5.70. The van der Waals surface area contributed by atoms with E-state index in [2.05, 4.69) is 9.97 Å². The maximum atomic E-state index is 12.0. The number of aromatic amines is 1. The normalized spacial score (nSPS) is 14.7. The van der Waals surface area contributed by atoms with Gasteiger partial charge in [0, 0.05) is 11.1 Å². The van der Waals surface area contributed by atoms with Crippen LogP contribution in [0.5, 0.6) is 5.75 Å². The number of hydrogen-bond acceptors (Lipinski definition) is 5. The van der Waals surface area contributed by atoms with Crippen molar-refractivity contribution < 1.29 is 4.74 Å². The third-order valence-corrected chi connectivity index (χ3v) is 4.10. The Balaban J connectivity index is 2.16. The first kappa shape index (κ1) is 15.4. The standard InChI is InChI=1S/C17H15N3O2S/c1-17(2)7-6-10-8-11(4-5-13(10)22-17)14-12(9-18)15(21)20-16(19-14)23-3/h4-8H,1-3H3,(H,19,20,21). The van der Waals surface area contributed by atoms with E-state index in [9.17, 15) is 10.1 Å². The third-order valence-electron chi connectivity index (χ3n) is 3.52. The Hall–Kier alpha value is -2.52. The molecule has 5 nitrogen and oxygen atoms in total. The van der Waals surface area contributed by atoms with Crippen LogP contribution >= 0.6 is 11.8 Å². The highest BCUT2D eigenvalue weighted by Crippen LogP contribution is 2.34. The molecule has 1 aliphatic rings. The van der Waals surface area contributed by atoms with E-state index in [0.29, 0.717) is 10.9 Å². The highest BCUT2D eigenvalue weighted by molar-refractivity contribution is 7.98. The lowest BCUT2D eigenvalue weighted by molar-refractivity contribution is 0.159. The molecule has 1 aromatic carbocycles. The van der Waals surface area contributed by atoms with Crippen LogP contribution in [0.2, 0.25) is 0 Å². The molecule has 1 N–H and O–H groups in total. The van der Waals surface area contributed by atoms with E-state index in [1.165, 1.54) is 11.8 Å². The molecular weight excluding hydrogens is 310 g/mol. The monoisotopic (exact) mass is 325 g/mol. The molecule has 0 atom stereocenters. The van der Waals surface area contributed by atoms with Gasteiger partial charge in [-0.05, 0) is 44.4 Å². The molecule has 2 heterocycles. The Bertz CT molecular complexity index is 907. The van der Waals surface area contributed by atoms with Gasteiger partial charge in [0.05, 0.1) is 5.69 Å². The summed E-state index contributed by atoms with van der Waals surface area (Å²) in [6, 6.07) is 7.49. The maximum absolute atomic E-state index is 12.0. The SMILES string of the molecule is CSc1nc(-c2ccc3c(c2)C=CC(C)(C)O3)c(C#N)c(=O)[nH]1. The molecule has 1 aromatic heterocycles. The van der Waals surface area contributed by atoms with Crippen molar-refractivity contribution in [3.8, 4) is 23.1 Å². The number of nitrogens with zero attached hydrogens (tertiary/aromatic N) is 2. The molecule has 0 bridgehead atoms. The quantitative estimate of drug-likeness (QED) is 0.677. The minimum Gasteiger partial charge on any atom is -0.483 e. The van der Waals surface area contributed by atoms with E-state index in [1.54, 1.807) is 0 Å². The summed E-state index contributed by atoms with van der Waals surface area (Å²) in [5, 5.41) is 9.76. The summed E-state index contributed by atoms with van der Waals surface area (Å²) < 4.78 is 5.89. The fourth-order valence-corrected chi connectivity index (χ4v) is 2.77. The van der Waals surface area contributed by atoms with Crippen molar-refractivity contribution in [2.75, 3.05) is 6.26 Å². The summed E-state index contributed by atoms with van der Waals surface area (Å²) in [4.78, 5) is 19.0. The van der Waals surface area contributed by atoms with E-state index >= 15 is 0 Å². The van der Waals surface area contributed by atoms with Gasteiger partial charge in [-0.2, -0.15) is 5.26 Å². The van der Waals surface area contributed by atoms with Gasteiger partial charge in [0.15, 0.2) is 5.16 Å². The van der Waals surface area contributed by atoms with Crippen LogP contribution in [0.4, 0.5) is 0 Å². The van der Waals surface area contributed by atoms with Gasteiger partial charge < -0.3 is 9.72 Å². The van der Waals surface area contributed by atoms with Crippen LogP contribution in [-0.2, 0) is 0 Å². The number of ether oxygens (including phenoxy) is 1. The molecule has 1 aliphatic heterocycles. The molecule has 0 amide bonds. The minimum atomic E-state index is -0.424. The van der Waals surface area contributed by atoms with Crippen molar-refractivity contribution in [1.29, 1.82) is 5.26 Å². The van der Waals surface area contributed by atoms with Crippen LogP contribution in [0, 0.1) is 11.3 Å². The molecule has 2 aromatic rings. The van der Waals surface area contributed by atoms with Crippen molar-refractivity contribution in [3.63, 3.8) is 0 Å². The van der Waals surface area contributed by atoms with Gasteiger partial charge in [0.1, 0.15) is 23.0 Å². The molecule has 6 heteroatoms. The second kappa shape index (κ2) is 5.60. The third kappa shape index (κ3) is 2.88. The van der Waals surface area contributed by atoms with Gasteiger partial charge in [-0.15, -0.1) is 0 Å². The fraction of sp³-hybridized carbons (Fsp3) is 0.235. The Labute approximate surface area is 138 Å². The summed E-state index contributed by atoms with van der Waals surface area (Å²) in [5.41, 5.74) is 1.26. The minimum absolute atomic E-state index is 0.0174. The molecule has 0 saturated carbocycles. The number of nitrogens with one attached hydrogen (secondary N) is 1. The number of benzene rings is 1. The summed E-state index contributed by atoms with van der Waals surface area (Å²) in [6.45, 7) is 3.97. The smallest absolute Gasteiger partial charge is 0.270 e. The van der Waals surface area contributed by atoms with Gasteiger partial charge in [0.25, 0.3) is 5.56 Å². The predicted octanol–water partition coefficient (Wildman–Crippen LogP) is 3.21. The maximum Gasteiger partial charge on any atom is 0.270 e. The van der Waals surface area contributed by atoms with Crippen molar-refractivity contribution >= 4 is 17.8 Å². The zero-order chi connectivity index (χ0) is 16.6. The zero-order valence-electron chi connectivity index (χ0n) is 13.0. The highest BCUT2D eigenvalue weighted by Gasteiger charge is 2.22. The van der Waals surface area contributed by atoms with E-state index < -0.39 is 5.56 Å². The van der Waals surface area contributed by atoms with Crippen molar-refractivity contribution in [1.82, 2.24) is 9.97 Å². The molecule has 0 aliphatic carbocycles. The highest BCUT2D eigenvalue weighted by atomic mass is 32.2. The Morgan fingerprint density at radius 2 is 2.17 bits per heavy atom. The van der Waals surface area contributed by atoms with Gasteiger partial charge in [-0.25, -0.2) is 4.98 Å². The lowest BCUT2D eigenvalue weighted by atomic mass is 9.99. The molecule has 0 unspecified atom stereocenters. The van der Waals surface area contributed by atoms with Crippen LogP contribution in [-0.4, -0.2) is 21.8 Å². The Morgan fingerprint density at radius 3 is 2.87 bits per heavy atom. The molecule has 3 rings (SSSR count). The number of aromatic nitrogens is 2. The first-order valence-corrected chi connectivity index (χ1v) is 8.27.